The molecule has 0 aromatic heterocycles. The maximum absolute atomic E-state index is 10.9. The van der Waals surface area contributed by atoms with Gasteiger partial charge in [0.15, 0.2) is 0 Å². The molecular weight excluding hydrogens is 228 g/mol. The number of carbonyl (C=O) groups is 1. The molecule has 0 spiro atoms. The van der Waals surface area contributed by atoms with Crippen molar-refractivity contribution in [2.75, 3.05) is 13.0 Å². The molecule has 0 bridgehead atoms. The lowest BCUT2D eigenvalue weighted by atomic mass is 10.1. The van der Waals surface area contributed by atoms with E-state index >= 15 is 0 Å². The van der Waals surface area contributed by atoms with Crippen molar-refractivity contribution in [3.8, 4) is 5.75 Å². The van der Waals surface area contributed by atoms with Crippen molar-refractivity contribution in [3.05, 3.63) is 35.4 Å². The minimum atomic E-state index is -0.996. The number of hydrogen-bond donors (Lipinski definition) is 1. The fraction of sp³-hybridized carbons (Fsp3) is 0.250. The predicted molar refractivity (Wildman–Crippen MR) is 64.3 cm³/mol. The highest BCUT2D eigenvalue weighted by Gasteiger charge is 2.12. The third-order valence-corrected chi connectivity index (χ3v) is 2.27. The normalized spacial score (nSPS) is 10.6. The largest absolute Gasteiger partial charge is 0.495 e. The molecule has 0 saturated carbocycles. The summed E-state index contributed by atoms with van der Waals surface area (Å²) >= 11 is 5.55. The number of rotatable bonds is 5. The molecule has 0 aliphatic heterocycles. The molecule has 1 rings (SSSR count). The van der Waals surface area contributed by atoms with Gasteiger partial charge in [0.05, 0.1) is 7.11 Å². The Kier molecular flexibility index (Phi) is 4.86. The number of halogens is 1. The summed E-state index contributed by atoms with van der Waals surface area (Å²) in [4.78, 5) is 10.9. The number of carboxylic acids is 1. The van der Waals surface area contributed by atoms with Gasteiger partial charge in [-0.3, -0.25) is 0 Å². The van der Waals surface area contributed by atoms with E-state index in [2.05, 4.69) is 0 Å². The van der Waals surface area contributed by atoms with Crippen LogP contribution in [-0.2, 0) is 0 Å². The molecular formula is C12H13ClO3. The molecule has 4 heteroatoms. The zero-order valence-corrected chi connectivity index (χ0v) is 9.70. The second-order valence-corrected chi connectivity index (χ2v) is 3.49. The zero-order valence-electron chi connectivity index (χ0n) is 8.94. The lowest BCUT2D eigenvalue weighted by Gasteiger charge is -2.07. The molecule has 0 aliphatic rings. The smallest absolute Gasteiger partial charge is 0.339 e. The lowest BCUT2D eigenvalue weighted by Crippen LogP contribution is -2.01. The second kappa shape index (κ2) is 6.18. The first-order chi connectivity index (χ1) is 7.70. The highest BCUT2D eigenvalue weighted by Crippen LogP contribution is 2.25. The minimum Gasteiger partial charge on any atom is -0.495 e. The molecule has 0 aliphatic carbocycles. The Morgan fingerprint density at radius 2 is 2.31 bits per heavy atom. The van der Waals surface area contributed by atoms with Crippen LogP contribution in [0.15, 0.2) is 24.3 Å². The predicted octanol–water partition coefficient (Wildman–Crippen LogP) is 3.04. The Bertz CT molecular complexity index is 399. The number of allylic oxidation sites excluding steroid dienone is 1. The molecule has 0 amide bonds. The molecule has 0 fully saturated rings. The number of benzene rings is 1. The summed E-state index contributed by atoms with van der Waals surface area (Å²) in [5.41, 5.74) is 0.906. The van der Waals surface area contributed by atoms with Gasteiger partial charge in [-0.2, -0.15) is 0 Å². The van der Waals surface area contributed by atoms with Crippen molar-refractivity contribution in [2.24, 2.45) is 0 Å². The maximum atomic E-state index is 10.9. The van der Waals surface area contributed by atoms with Gasteiger partial charge in [-0.1, -0.05) is 24.3 Å². The fourth-order valence-electron chi connectivity index (χ4n) is 1.36. The average molecular weight is 241 g/mol. The molecule has 86 valence electrons. The first kappa shape index (κ1) is 12.6. The Morgan fingerprint density at radius 1 is 1.56 bits per heavy atom. The van der Waals surface area contributed by atoms with Gasteiger partial charge >= 0.3 is 5.97 Å². The van der Waals surface area contributed by atoms with E-state index in [4.69, 9.17) is 21.4 Å². The summed E-state index contributed by atoms with van der Waals surface area (Å²) in [6.45, 7) is 0. The van der Waals surface area contributed by atoms with Gasteiger partial charge in [0.2, 0.25) is 0 Å². The topological polar surface area (TPSA) is 46.5 Å². The van der Waals surface area contributed by atoms with Crippen LogP contribution >= 0.6 is 11.6 Å². The first-order valence-electron chi connectivity index (χ1n) is 4.83. The highest BCUT2D eigenvalue weighted by atomic mass is 35.5. The van der Waals surface area contributed by atoms with E-state index in [0.29, 0.717) is 11.6 Å². The van der Waals surface area contributed by atoms with Crippen LogP contribution in [0.4, 0.5) is 0 Å². The maximum Gasteiger partial charge on any atom is 0.339 e. The van der Waals surface area contributed by atoms with Crippen molar-refractivity contribution >= 4 is 23.6 Å². The van der Waals surface area contributed by atoms with E-state index in [0.717, 1.165) is 12.0 Å². The Hall–Kier alpha value is -1.48. The molecule has 0 heterocycles. The first-order valence-corrected chi connectivity index (χ1v) is 5.37. The van der Waals surface area contributed by atoms with E-state index in [9.17, 15) is 4.79 Å². The number of aromatic carboxylic acids is 1. The van der Waals surface area contributed by atoms with Crippen LogP contribution in [0.5, 0.6) is 5.75 Å². The SMILES string of the molecule is COc1c(C=CCCCl)cccc1C(=O)O. The molecule has 1 aromatic carbocycles. The molecule has 0 atom stereocenters. The quantitative estimate of drug-likeness (QED) is 0.805. The van der Waals surface area contributed by atoms with Crippen LogP contribution in [0.2, 0.25) is 0 Å². The van der Waals surface area contributed by atoms with E-state index in [-0.39, 0.29) is 5.56 Å². The second-order valence-electron chi connectivity index (χ2n) is 3.11. The van der Waals surface area contributed by atoms with Crippen LogP contribution in [-0.4, -0.2) is 24.1 Å². The van der Waals surface area contributed by atoms with E-state index < -0.39 is 5.97 Å². The third kappa shape index (κ3) is 3.00. The summed E-state index contributed by atoms with van der Waals surface area (Å²) in [5.74, 6) is -0.0810. The molecule has 0 unspecified atom stereocenters. The fourth-order valence-corrected chi connectivity index (χ4v) is 1.48. The van der Waals surface area contributed by atoms with E-state index in [1.54, 1.807) is 12.1 Å². The molecule has 3 nitrogen and oxygen atoms in total. The van der Waals surface area contributed by atoms with E-state index in [1.807, 2.05) is 12.2 Å². The Labute approximate surface area is 99.3 Å². The molecule has 0 radical (unpaired) electrons. The van der Waals surface area contributed by atoms with E-state index in [1.165, 1.54) is 13.2 Å². The van der Waals surface area contributed by atoms with Gasteiger partial charge in [-0.15, -0.1) is 11.6 Å². The van der Waals surface area contributed by atoms with Crippen molar-refractivity contribution in [3.63, 3.8) is 0 Å². The van der Waals surface area contributed by atoms with Gasteiger partial charge in [0.25, 0.3) is 0 Å². The van der Waals surface area contributed by atoms with Gasteiger partial charge < -0.3 is 9.84 Å². The summed E-state index contributed by atoms with van der Waals surface area (Å²) < 4.78 is 5.10. The number of carboxylic acid groups (broad SMARTS) is 1. The summed E-state index contributed by atoms with van der Waals surface area (Å²) in [6, 6.07) is 5.00. The summed E-state index contributed by atoms with van der Waals surface area (Å²) in [5, 5.41) is 8.97. The van der Waals surface area contributed by atoms with Gasteiger partial charge in [-0.25, -0.2) is 4.79 Å². The van der Waals surface area contributed by atoms with Gasteiger partial charge in [0.1, 0.15) is 11.3 Å². The monoisotopic (exact) mass is 240 g/mol. The molecule has 1 N–H and O–H groups in total. The molecule has 16 heavy (non-hydrogen) atoms. The molecule has 0 saturated heterocycles. The third-order valence-electron chi connectivity index (χ3n) is 2.05. The number of para-hydroxylation sites is 1. The highest BCUT2D eigenvalue weighted by molar-refractivity contribution is 6.17. The Balaban J connectivity index is 3.09. The van der Waals surface area contributed by atoms with Crippen molar-refractivity contribution < 1.29 is 14.6 Å². The number of hydrogen-bond acceptors (Lipinski definition) is 2. The molecule has 1 aromatic rings. The van der Waals surface area contributed by atoms with Crippen LogP contribution in [0.25, 0.3) is 6.08 Å². The zero-order chi connectivity index (χ0) is 12.0. The van der Waals surface area contributed by atoms with Crippen LogP contribution in [0.1, 0.15) is 22.3 Å². The van der Waals surface area contributed by atoms with Gasteiger partial charge in [0, 0.05) is 11.4 Å². The lowest BCUT2D eigenvalue weighted by molar-refractivity contribution is 0.0693. The summed E-state index contributed by atoms with van der Waals surface area (Å²) in [7, 11) is 1.46. The van der Waals surface area contributed by atoms with Crippen molar-refractivity contribution in [1.29, 1.82) is 0 Å². The summed E-state index contributed by atoms with van der Waals surface area (Å²) in [6.07, 6.45) is 4.44. The van der Waals surface area contributed by atoms with Gasteiger partial charge in [-0.05, 0) is 12.5 Å². The van der Waals surface area contributed by atoms with Crippen molar-refractivity contribution in [2.45, 2.75) is 6.42 Å². The minimum absolute atomic E-state index is 0.163. The van der Waals surface area contributed by atoms with Crippen LogP contribution < -0.4 is 4.74 Å². The van der Waals surface area contributed by atoms with Crippen LogP contribution in [0, 0.1) is 0 Å². The van der Waals surface area contributed by atoms with Crippen LogP contribution in [0.3, 0.4) is 0 Å². The number of alkyl halides is 1. The van der Waals surface area contributed by atoms with Crippen molar-refractivity contribution in [1.82, 2.24) is 0 Å². The standard InChI is InChI=1S/C12H13ClO3/c1-16-11-9(5-2-3-8-13)6-4-7-10(11)12(14)15/h2,4-7H,3,8H2,1H3,(H,14,15). The number of ether oxygens (including phenoxy) is 1. The Morgan fingerprint density at radius 3 is 2.88 bits per heavy atom. The average Bonchev–Trinajstić information content (AvgIpc) is 2.29. The number of methoxy groups -OCH3 is 1.